The number of fused-ring (bicyclic) bond motifs is 1. The molecule has 0 radical (unpaired) electrons. The number of hydrogen-bond donors (Lipinski definition) is 0. The number of carbonyl (C=O) groups excluding carboxylic acids is 1. The van der Waals surface area contributed by atoms with Crippen LogP contribution >= 0.6 is 0 Å². The lowest BCUT2D eigenvalue weighted by Crippen LogP contribution is -2.48. The molecule has 1 aromatic carbocycles. The van der Waals surface area contributed by atoms with Gasteiger partial charge in [0.15, 0.2) is 0 Å². The molecule has 0 aliphatic carbocycles. The van der Waals surface area contributed by atoms with Crippen LogP contribution in [0.25, 0.3) is 5.65 Å². The van der Waals surface area contributed by atoms with Crippen molar-refractivity contribution >= 4 is 11.6 Å². The molecule has 0 bridgehead atoms. The Morgan fingerprint density at radius 3 is 2.70 bits per heavy atom. The van der Waals surface area contributed by atoms with Crippen LogP contribution in [-0.4, -0.2) is 52.6 Å². The van der Waals surface area contributed by atoms with Crippen molar-refractivity contribution in [1.82, 2.24) is 14.3 Å². The number of morpholine rings is 1. The van der Waals surface area contributed by atoms with Gasteiger partial charge >= 0.3 is 0 Å². The number of aryl methyl sites for hydroxylation is 1. The topological polar surface area (TPSA) is 56.1 Å². The number of methoxy groups -OCH3 is 1. The van der Waals surface area contributed by atoms with Crippen LogP contribution in [0.5, 0.6) is 5.75 Å². The molecule has 1 fully saturated rings. The molecule has 4 rings (SSSR count). The van der Waals surface area contributed by atoms with Gasteiger partial charge in [-0.25, -0.2) is 4.98 Å². The number of amides is 1. The number of benzene rings is 1. The molecule has 2 aromatic heterocycles. The molecule has 3 unspecified atom stereocenters. The van der Waals surface area contributed by atoms with Crippen molar-refractivity contribution in [3.8, 4) is 5.75 Å². The van der Waals surface area contributed by atoms with E-state index in [2.05, 4.69) is 28.4 Å². The summed E-state index contributed by atoms with van der Waals surface area (Å²) in [5.74, 6) is 0.732. The third-order valence-electron chi connectivity index (χ3n) is 5.72. The number of rotatable bonds is 5. The first-order valence-electron chi connectivity index (χ1n) is 10.5. The van der Waals surface area contributed by atoms with E-state index in [1.807, 2.05) is 55.4 Å². The Morgan fingerprint density at radius 1 is 1.23 bits per heavy atom. The maximum Gasteiger partial charge on any atom is 0.223 e. The Kier molecular flexibility index (Phi) is 5.77. The first-order valence-corrected chi connectivity index (χ1v) is 10.5. The van der Waals surface area contributed by atoms with E-state index in [-0.39, 0.29) is 24.0 Å². The van der Waals surface area contributed by atoms with Crippen molar-refractivity contribution in [2.24, 2.45) is 0 Å². The molecule has 1 amide bonds. The molecule has 0 N–H and O–H groups in total. The largest absolute Gasteiger partial charge is 0.496 e. The summed E-state index contributed by atoms with van der Waals surface area (Å²) < 4.78 is 13.5. The van der Waals surface area contributed by atoms with Crippen LogP contribution in [0.4, 0.5) is 0 Å². The minimum absolute atomic E-state index is 0.0428. The number of ether oxygens (including phenoxy) is 2. The van der Waals surface area contributed by atoms with Crippen LogP contribution in [0.2, 0.25) is 0 Å². The summed E-state index contributed by atoms with van der Waals surface area (Å²) in [4.78, 5) is 19.9. The standard InChI is InChI=1S/C24H29N3O3/c1-16-9-10-27-21(13-25-23(27)11-16)20(19-7-5-6-8-22(19)29-4)12-24(28)26-14-17(2)30-18(3)15-26/h5-11,13,17-18,20H,12,14-15H2,1-4H3. The fraction of sp³-hybridized carbons (Fsp3) is 0.417. The zero-order valence-electron chi connectivity index (χ0n) is 18.0. The number of hydrogen-bond acceptors (Lipinski definition) is 4. The normalized spacial score (nSPS) is 20.3. The summed E-state index contributed by atoms with van der Waals surface area (Å²) >= 11 is 0. The molecule has 158 valence electrons. The number of para-hydroxylation sites is 1. The van der Waals surface area contributed by atoms with E-state index in [4.69, 9.17) is 9.47 Å². The summed E-state index contributed by atoms with van der Waals surface area (Å²) in [6.07, 6.45) is 4.34. The summed E-state index contributed by atoms with van der Waals surface area (Å²) in [5, 5.41) is 0. The summed E-state index contributed by atoms with van der Waals surface area (Å²) in [6.45, 7) is 7.32. The van der Waals surface area contributed by atoms with Crippen LogP contribution in [0, 0.1) is 6.92 Å². The van der Waals surface area contributed by atoms with Crippen molar-refractivity contribution in [2.45, 2.75) is 45.3 Å². The molecular formula is C24H29N3O3. The van der Waals surface area contributed by atoms with E-state index in [1.165, 1.54) is 0 Å². The molecule has 6 nitrogen and oxygen atoms in total. The van der Waals surface area contributed by atoms with Gasteiger partial charge in [0, 0.05) is 43.4 Å². The lowest BCUT2D eigenvalue weighted by molar-refractivity contribution is -0.143. The second kappa shape index (κ2) is 8.48. The zero-order chi connectivity index (χ0) is 21.3. The van der Waals surface area contributed by atoms with Crippen molar-refractivity contribution in [3.63, 3.8) is 0 Å². The third-order valence-corrected chi connectivity index (χ3v) is 5.72. The summed E-state index contributed by atoms with van der Waals surface area (Å²) in [6, 6.07) is 12.0. The highest BCUT2D eigenvalue weighted by Crippen LogP contribution is 2.35. The number of carbonyl (C=O) groups is 1. The molecule has 1 saturated heterocycles. The van der Waals surface area contributed by atoms with Crippen molar-refractivity contribution < 1.29 is 14.3 Å². The molecule has 30 heavy (non-hydrogen) atoms. The Morgan fingerprint density at radius 2 is 1.97 bits per heavy atom. The summed E-state index contributed by atoms with van der Waals surface area (Å²) in [5.41, 5.74) is 4.01. The average Bonchev–Trinajstić information content (AvgIpc) is 3.13. The predicted octanol–water partition coefficient (Wildman–Crippen LogP) is 3.81. The minimum atomic E-state index is -0.167. The van der Waals surface area contributed by atoms with Gasteiger partial charge in [0.25, 0.3) is 0 Å². The Labute approximate surface area is 177 Å². The van der Waals surface area contributed by atoms with Crippen LogP contribution in [0.3, 0.4) is 0 Å². The fourth-order valence-corrected chi connectivity index (χ4v) is 4.37. The van der Waals surface area contributed by atoms with Crippen LogP contribution < -0.4 is 4.74 Å². The van der Waals surface area contributed by atoms with Crippen molar-refractivity contribution in [2.75, 3.05) is 20.2 Å². The second-order valence-corrected chi connectivity index (χ2v) is 8.17. The summed E-state index contributed by atoms with van der Waals surface area (Å²) in [7, 11) is 1.67. The maximum absolute atomic E-state index is 13.4. The molecule has 3 atom stereocenters. The van der Waals surface area contributed by atoms with Crippen molar-refractivity contribution in [3.05, 3.63) is 65.6 Å². The highest BCUT2D eigenvalue weighted by molar-refractivity contribution is 5.78. The SMILES string of the molecule is COc1ccccc1C(CC(=O)N1CC(C)OC(C)C1)c1cnc2cc(C)ccn12. The molecule has 6 heteroatoms. The van der Waals surface area contributed by atoms with Gasteiger partial charge in [-0.05, 0) is 44.5 Å². The van der Waals surface area contributed by atoms with E-state index in [9.17, 15) is 4.79 Å². The average molecular weight is 408 g/mol. The molecule has 0 spiro atoms. The van der Waals surface area contributed by atoms with Gasteiger partial charge in [-0.3, -0.25) is 4.79 Å². The van der Waals surface area contributed by atoms with E-state index in [0.717, 1.165) is 28.2 Å². The molecule has 1 aliphatic rings. The number of aromatic nitrogens is 2. The van der Waals surface area contributed by atoms with Crippen LogP contribution in [0.15, 0.2) is 48.8 Å². The van der Waals surface area contributed by atoms with E-state index < -0.39 is 0 Å². The first kappa shape index (κ1) is 20.4. The van der Waals surface area contributed by atoms with Gasteiger partial charge in [-0.1, -0.05) is 18.2 Å². The minimum Gasteiger partial charge on any atom is -0.496 e. The lowest BCUT2D eigenvalue weighted by atomic mass is 9.91. The molecular weight excluding hydrogens is 378 g/mol. The van der Waals surface area contributed by atoms with Crippen molar-refractivity contribution in [1.29, 1.82) is 0 Å². The molecule has 3 aromatic rings. The molecule has 3 heterocycles. The van der Waals surface area contributed by atoms with Crippen LogP contribution in [0.1, 0.15) is 43.0 Å². The smallest absolute Gasteiger partial charge is 0.223 e. The van der Waals surface area contributed by atoms with Gasteiger partial charge in [-0.2, -0.15) is 0 Å². The fourth-order valence-electron chi connectivity index (χ4n) is 4.37. The predicted molar refractivity (Wildman–Crippen MR) is 116 cm³/mol. The van der Waals surface area contributed by atoms with Gasteiger partial charge in [-0.15, -0.1) is 0 Å². The van der Waals surface area contributed by atoms with E-state index in [1.54, 1.807) is 7.11 Å². The number of pyridine rings is 1. The lowest BCUT2D eigenvalue weighted by Gasteiger charge is -2.36. The quantitative estimate of drug-likeness (QED) is 0.645. The van der Waals surface area contributed by atoms with Gasteiger partial charge in [0.05, 0.1) is 25.0 Å². The molecule has 1 aliphatic heterocycles. The second-order valence-electron chi connectivity index (χ2n) is 8.17. The highest BCUT2D eigenvalue weighted by atomic mass is 16.5. The Balaban J connectivity index is 1.73. The van der Waals surface area contributed by atoms with Gasteiger partial charge in [0.1, 0.15) is 11.4 Å². The maximum atomic E-state index is 13.4. The number of imidazole rings is 1. The van der Waals surface area contributed by atoms with Gasteiger partial charge < -0.3 is 18.8 Å². The van der Waals surface area contributed by atoms with E-state index >= 15 is 0 Å². The van der Waals surface area contributed by atoms with Gasteiger partial charge in [0.2, 0.25) is 5.91 Å². The molecule has 0 saturated carbocycles. The zero-order valence-corrected chi connectivity index (χ0v) is 18.0. The first-order chi connectivity index (χ1) is 14.5. The third kappa shape index (κ3) is 4.05. The Bertz CT molecular complexity index is 1040. The Hall–Kier alpha value is -2.86. The number of nitrogens with zero attached hydrogens (tertiary/aromatic N) is 3. The van der Waals surface area contributed by atoms with E-state index in [0.29, 0.717) is 19.5 Å². The monoisotopic (exact) mass is 407 g/mol. The van der Waals surface area contributed by atoms with Crippen LogP contribution in [-0.2, 0) is 9.53 Å². The highest BCUT2D eigenvalue weighted by Gasteiger charge is 2.30.